The van der Waals surface area contributed by atoms with Crippen LogP contribution >= 0.6 is 0 Å². The van der Waals surface area contributed by atoms with Gasteiger partial charge in [-0.05, 0) is 12.1 Å². The molecule has 0 saturated carbocycles. The molecule has 0 atom stereocenters. The summed E-state index contributed by atoms with van der Waals surface area (Å²) in [6.45, 7) is 0. The van der Waals surface area contributed by atoms with Gasteiger partial charge in [-0.25, -0.2) is 0 Å². The van der Waals surface area contributed by atoms with Crippen molar-refractivity contribution in [3.8, 4) is 0 Å². The van der Waals surface area contributed by atoms with Crippen molar-refractivity contribution in [2.75, 3.05) is 0 Å². The van der Waals surface area contributed by atoms with Gasteiger partial charge >= 0.3 is 0 Å². The first-order chi connectivity index (χ1) is 14.7. The van der Waals surface area contributed by atoms with Crippen LogP contribution in [0.15, 0.2) is 41.5 Å². The van der Waals surface area contributed by atoms with Gasteiger partial charge in [-0.3, -0.25) is 27.3 Å². The molecule has 6 N–H and O–H groups in total. The minimum Gasteiger partial charge on any atom is -0.282 e. The molecule has 2 aromatic carbocycles. The topological polar surface area (TPSA) is 326 Å². The van der Waals surface area contributed by atoms with Crippen molar-refractivity contribution in [3.05, 3.63) is 12.1 Å². The predicted molar refractivity (Wildman–Crippen MR) is 103 cm³/mol. The number of hydrogen-bond acceptors (Lipinski definition) is 12. The van der Waals surface area contributed by atoms with Gasteiger partial charge in [0.05, 0.1) is 0 Å². The second-order valence-electron chi connectivity index (χ2n) is 6.01. The molecule has 2 rings (SSSR count). The summed E-state index contributed by atoms with van der Waals surface area (Å²) >= 11 is 0. The number of rotatable bonds is 6. The molecule has 0 spiro atoms. The highest BCUT2D eigenvalue weighted by Crippen LogP contribution is 2.43. The maximum absolute atomic E-state index is 12.0. The summed E-state index contributed by atoms with van der Waals surface area (Å²) in [5.74, 6) is 0. The van der Waals surface area contributed by atoms with E-state index in [1.165, 1.54) is 0 Å². The summed E-state index contributed by atoms with van der Waals surface area (Å²) in [5, 5.41) is -3.89. The fourth-order valence-corrected chi connectivity index (χ4v) is 9.05. The summed E-state index contributed by atoms with van der Waals surface area (Å²) in [6.07, 6.45) is 0. The van der Waals surface area contributed by atoms with Crippen molar-refractivity contribution in [1.82, 2.24) is 0 Å². The SMILES string of the molecule is O=S(=O)(O)c1cc2c(S(=O)(=O)O)c(S(=O)(=O)O)cc(S(=O)(=O)O)c2c(S(=O)(=O)O)c1S(=O)(=O)O. The number of hydrogen-bond donors (Lipinski definition) is 6. The van der Waals surface area contributed by atoms with Gasteiger partial charge in [0.1, 0.15) is 29.4 Å². The molecule has 24 heteroatoms. The van der Waals surface area contributed by atoms with Crippen molar-refractivity contribution in [3.63, 3.8) is 0 Å². The number of benzene rings is 2. The Balaban J connectivity index is 3.87. The van der Waals surface area contributed by atoms with Crippen molar-refractivity contribution in [1.29, 1.82) is 0 Å². The lowest BCUT2D eigenvalue weighted by Crippen LogP contribution is -2.18. The lowest BCUT2D eigenvalue weighted by atomic mass is 10.1. The Morgan fingerprint density at radius 2 is 0.706 bits per heavy atom. The minimum atomic E-state index is -6.30. The Labute approximate surface area is 190 Å². The second-order valence-corrected chi connectivity index (χ2v) is 14.3. The van der Waals surface area contributed by atoms with Crippen LogP contribution in [-0.2, 0) is 60.7 Å². The van der Waals surface area contributed by atoms with E-state index in [4.69, 9.17) is 0 Å². The molecule has 0 amide bonds. The molecule has 0 aliphatic heterocycles. The zero-order valence-corrected chi connectivity index (χ0v) is 20.1. The van der Waals surface area contributed by atoms with E-state index in [2.05, 4.69) is 0 Å². The fraction of sp³-hybridized carbons (Fsp3) is 0. The molecule has 2 aromatic rings. The molecule has 0 aliphatic carbocycles. The summed E-state index contributed by atoms with van der Waals surface area (Å²) in [5.41, 5.74) is 0. The van der Waals surface area contributed by atoms with Gasteiger partial charge < -0.3 is 0 Å². The van der Waals surface area contributed by atoms with Crippen LogP contribution in [-0.4, -0.2) is 77.8 Å². The maximum Gasteiger partial charge on any atom is 0.297 e. The molecule has 0 fully saturated rings. The Bertz CT molecular complexity index is 1910. The molecule has 192 valence electrons. The standard InChI is InChI=1S/C10H8O18S6/c11-29(12,13)4-2-6(31(17,18)19)8(32(20,21)22)3-1-5(30(14,15)16)9(33(23,24)25)10(7(3)4)34(26,27)28/h1-2H,(H,11,12,13)(H,14,15,16)(H,17,18,19)(H,20,21,22)(H,23,24,25)(H,26,27,28). The average molecular weight is 609 g/mol. The molecule has 18 nitrogen and oxygen atoms in total. The molecule has 0 bridgehead atoms. The smallest absolute Gasteiger partial charge is 0.282 e. The molecule has 34 heavy (non-hydrogen) atoms. The van der Waals surface area contributed by atoms with Gasteiger partial charge in [0.2, 0.25) is 0 Å². The maximum atomic E-state index is 12.0. The van der Waals surface area contributed by atoms with E-state index in [0.717, 1.165) is 0 Å². The van der Waals surface area contributed by atoms with Crippen LogP contribution in [0.25, 0.3) is 10.8 Å². The summed E-state index contributed by atoms with van der Waals surface area (Å²) < 4.78 is 198. The van der Waals surface area contributed by atoms with Crippen LogP contribution in [0.3, 0.4) is 0 Å². The molecule has 0 radical (unpaired) electrons. The summed E-state index contributed by atoms with van der Waals surface area (Å²) in [6, 6.07) is -0.930. The molecule has 0 aromatic heterocycles. The van der Waals surface area contributed by atoms with Gasteiger partial charge in [0.25, 0.3) is 60.7 Å². The largest absolute Gasteiger partial charge is 0.297 e. The predicted octanol–water partition coefficient (Wildman–Crippen LogP) is -1.68. The van der Waals surface area contributed by atoms with E-state index < -0.39 is 113 Å². The zero-order valence-electron chi connectivity index (χ0n) is 15.2. The van der Waals surface area contributed by atoms with E-state index in [1.54, 1.807) is 0 Å². The van der Waals surface area contributed by atoms with Crippen LogP contribution in [0.2, 0.25) is 0 Å². The van der Waals surface area contributed by atoms with Gasteiger partial charge in [0.15, 0.2) is 0 Å². The third kappa shape index (κ3) is 5.21. The van der Waals surface area contributed by atoms with Crippen LogP contribution in [0.4, 0.5) is 0 Å². The average Bonchev–Trinajstić information content (AvgIpc) is 2.53. The monoisotopic (exact) mass is 608 g/mol. The van der Waals surface area contributed by atoms with Gasteiger partial charge in [-0.15, -0.1) is 0 Å². The Hall–Kier alpha value is -1.84. The van der Waals surface area contributed by atoms with Crippen LogP contribution in [0.5, 0.6) is 0 Å². The quantitative estimate of drug-likeness (QED) is 0.199. The highest BCUT2D eigenvalue weighted by atomic mass is 32.2. The first-order valence-corrected chi connectivity index (χ1v) is 15.9. The minimum absolute atomic E-state index is 0.436. The number of fused-ring (bicyclic) bond motifs is 1. The highest BCUT2D eigenvalue weighted by Gasteiger charge is 2.40. The third-order valence-electron chi connectivity index (χ3n) is 3.79. The molecular weight excluding hydrogens is 600 g/mol. The molecule has 0 heterocycles. The van der Waals surface area contributed by atoms with E-state index >= 15 is 0 Å². The lowest BCUT2D eigenvalue weighted by Gasteiger charge is -2.17. The van der Waals surface area contributed by atoms with Crippen molar-refractivity contribution in [2.45, 2.75) is 29.4 Å². The highest BCUT2D eigenvalue weighted by molar-refractivity contribution is 7.91. The fourth-order valence-electron chi connectivity index (χ4n) is 2.77. The zero-order chi connectivity index (χ0) is 27.0. The molecule has 0 saturated heterocycles. The third-order valence-corrected chi connectivity index (χ3v) is 9.63. The normalized spacial score (nSPS) is 14.4. The van der Waals surface area contributed by atoms with Crippen molar-refractivity contribution >= 4 is 71.5 Å². The van der Waals surface area contributed by atoms with E-state index in [9.17, 15) is 77.8 Å². The van der Waals surface area contributed by atoms with Crippen molar-refractivity contribution in [2.24, 2.45) is 0 Å². The molecular formula is C10H8O18S6. The van der Waals surface area contributed by atoms with Crippen LogP contribution in [0, 0.1) is 0 Å². The molecule has 0 unspecified atom stereocenters. The second kappa shape index (κ2) is 7.83. The summed E-state index contributed by atoms with van der Waals surface area (Å²) in [4.78, 5) is -13.6. The van der Waals surface area contributed by atoms with Gasteiger partial charge in [-0.1, -0.05) is 0 Å². The van der Waals surface area contributed by atoms with E-state index in [0.29, 0.717) is 0 Å². The van der Waals surface area contributed by atoms with E-state index in [1.807, 2.05) is 0 Å². The van der Waals surface area contributed by atoms with E-state index in [-0.39, 0.29) is 0 Å². The van der Waals surface area contributed by atoms with Crippen LogP contribution in [0.1, 0.15) is 0 Å². The lowest BCUT2D eigenvalue weighted by molar-refractivity contribution is 0.456. The van der Waals surface area contributed by atoms with Gasteiger partial charge in [0, 0.05) is 10.8 Å². The first-order valence-electron chi connectivity index (χ1n) is 7.22. The van der Waals surface area contributed by atoms with Crippen LogP contribution < -0.4 is 0 Å². The summed E-state index contributed by atoms with van der Waals surface area (Å²) in [7, 11) is -36.5. The first kappa shape index (κ1) is 28.4. The Kier molecular flexibility index (Phi) is 6.54. The molecule has 0 aliphatic rings. The Morgan fingerprint density at radius 1 is 0.382 bits per heavy atom. The van der Waals surface area contributed by atoms with Crippen molar-refractivity contribution < 1.29 is 77.8 Å². The van der Waals surface area contributed by atoms with Gasteiger partial charge in [-0.2, -0.15) is 50.5 Å². The Morgan fingerprint density at radius 3 is 1.00 bits per heavy atom.